The number of hydrogen-bond donors (Lipinski definition) is 1. The Kier molecular flexibility index (Phi) is 6.88. The van der Waals surface area contributed by atoms with Crippen LogP contribution in [0, 0.1) is 0 Å². The van der Waals surface area contributed by atoms with Gasteiger partial charge in [-0.2, -0.15) is 0 Å². The molecule has 0 bridgehead atoms. The van der Waals surface area contributed by atoms with Gasteiger partial charge < -0.3 is 14.8 Å². The first-order valence-corrected chi connectivity index (χ1v) is 10.2. The molecule has 0 radical (unpaired) electrons. The van der Waals surface area contributed by atoms with Gasteiger partial charge in [0.05, 0.1) is 23.8 Å². The molecule has 1 aromatic heterocycles. The third-order valence-corrected chi connectivity index (χ3v) is 4.70. The predicted molar refractivity (Wildman–Crippen MR) is 120 cm³/mol. The topological polar surface area (TPSA) is 94.6 Å². The summed E-state index contributed by atoms with van der Waals surface area (Å²) in [5.74, 6) is -1.41. The van der Waals surface area contributed by atoms with Crippen LogP contribution in [-0.4, -0.2) is 41.6 Å². The number of esters is 2. The summed E-state index contributed by atoms with van der Waals surface area (Å²) in [7, 11) is 1.27. The first-order chi connectivity index (χ1) is 15.2. The van der Waals surface area contributed by atoms with Gasteiger partial charge in [-0.1, -0.05) is 30.3 Å². The highest BCUT2D eigenvalue weighted by Crippen LogP contribution is 2.17. The fraction of sp³-hybridized carbons (Fsp3) is 0.280. The number of methoxy groups -OCH3 is 1. The highest BCUT2D eigenvalue weighted by Gasteiger charge is 2.24. The number of nitrogens with zero attached hydrogens (tertiary/aromatic N) is 1. The number of carbonyl (C=O) groups is 3. The van der Waals surface area contributed by atoms with Gasteiger partial charge in [0.2, 0.25) is 0 Å². The summed E-state index contributed by atoms with van der Waals surface area (Å²) in [6.45, 7) is 5.40. The van der Waals surface area contributed by atoms with Crippen LogP contribution in [0.2, 0.25) is 0 Å². The van der Waals surface area contributed by atoms with Crippen LogP contribution in [0.15, 0.2) is 60.8 Å². The van der Waals surface area contributed by atoms with Crippen molar-refractivity contribution in [3.05, 3.63) is 77.5 Å². The maximum Gasteiger partial charge on any atom is 0.338 e. The molecule has 0 fully saturated rings. The summed E-state index contributed by atoms with van der Waals surface area (Å²) in [6.07, 6.45) is 1.81. The minimum atomic E-state index is -0.904. The molecule has 7 nitrogen and oxygen atoms in total. The van der Waals surface area contributed by atoms with Crippen LogP contribution in [0.3, 0.4) is 0 Å². The minimum absolute atomic E-state index is 0.200. The average molecular weight is 434 g/mol. The maximum atomic E-state index is 12.9. The van der Waals surface area contributed by atoms with Crippen LogP contribution >= 0.6 is 0 Å². The molecule has 1 amide bonds. The number of aromatic nitrogens is 1. The van der Waals surface area contributed by atoms with E-state index in [-0.39, 0.29) is 6.42 Å². The largest absolute Gasteiger partial charge is 0.467 e. The summed E-state index contributed by atoms with van der Waals surface area (Å²) in [6, 6.07) is 14.8. The molecule has 1 N–H and O–H groups in total. The Morgan fingerprint density at radius 2 is 1.69 bits per heavy atom. The van der Waals surface area contributed by atoms with Gasteiger partial charge in [-0.05, 0) is 50.6 Å². The van der Waals surface area contributed by atoms with E-state index in [0.29, 0.717) is 16.6 Å². The summed E-state index contributed by atoms with van der Waals surface area (Å²) < 4.78 is 10.2. The zero-order valence-electron chi connectivity index (χ0n) is 18.5. The van der Waals surface area contributed by atoms with Gasteiger partial charge in [-0.25, -0.2) is 9.59 Å². The Balaban J connectivity index is 1.77. The van der Waals surface area contributed by atoms with E-state index in [1.807, 2.05) is 12.1 Å². The smallest absolute Gasteiger partial charge is 0.338 e. The highest BCUT2D eigenvalue weighted by atomic mass is 16.6. The van der Waals surface area contributed by atoms with E-state index in [1.54, 1.807) is 69.4 Å². The summed E-state index contributed by atoms with van der Waals surface area (Å²) in [5.41, 5.74) is 1.50. The second-order valence-electron chi connectivity index (χ2n) is 8.33. The van der Waals surface area contributed by atoms with E-state index < -0.39 is 29.5 Å². The summed E-state index contributed by atoms with van der Waals surface area (Å²) in [5, 5.41) is 3.57. The molecule has 0 unspecified atom stereocenters. The monoisotopic (exact) mass is 434 g/mol. The van der Waals surface area contributed by atoms with Crippen molar-refractivity contribution in [3.63, 3.8) is 0 Å². The molecule has 32 heavy (non-hydrogen) atoms. The number of benzene rings is 2. The van der Waals surface area contributed by atoms with Gasteiger partial charge in [0, 0.05) is 18.0 Å². The average Bonchev–Trinajstić information content (AvgIpc) is 2.77. The lowest BCUT2D eigenvalue weighted by Gasteiger charge is -2.20. The highest BCUT2D eigenvalue weighted by molar-refractivity contribution is 6.06. The van der Waals surface area contributed by atoms with Gasteiger partial charge in [0.15, 0.2) is 0 Å². The molecule has 166 valence electrons. The molecule has 0 spiro atoms. The Morgan fingerprint density at radius 3 is 2.34 bits per heavy atom. The van der Waals surface area contributed by atoms with Crippen molar-refractivity contribution in [1.82, 2.24) is 10.3 Å². The van der Waals surface area contributed by atoms with Gasteiger partial charge in [-0.3, -0.25) is 9.78 Å². The SMILES string of the molecule is COC(=O)[C@@H](Cc1ccc(C(=O)OC(C)(C)C)cc1)NC(=O)c1cccc2cccnc12. The lowest BCUT2D eigenvalue weighted by Crippen LogP contribution is -2.43. The van der Waals surface area contributed by atoms with Crippen molar-refractivity contribution in [1.29, 1.82) is 0 Å². The lowest BCUT2D eigenvalue weighted by atomic mass is 10.0. The maximum absolute atomic E-state index is 12.9. The molecular weight excluding hydrogens is 408 g/mol. The van der Waals surface area contributed by atoms with Crippen molar-refractivity contribution in [2.45, 2.75) is 38.8 Å². The van der Waals surface area contributed by atoms with Crippen LogP contribution in [0.1, 0.15) is 47.1 Å². The predicted octanol–water partition coefficient (Wildman–Crippen LogP) is 3.70. The normalized spacial score (nSPS) is 12.1. The Bertz CT molecular complexity index is 1130. The van der Waals surface area contributed by atoms with E-state index in [9.17, 15) is 14.4 Å². The van der Waals surface area contributed by atoms with E-state index in [4.69, 9.17) is 9.47 Å². The quantitative estimate of drug-likeness (QED) is 0.595. The number of fused-ring (bicyclic) bond motifs is 1. The second-order valence-corrected chi connectivity index (χ2v) is 8.33. The van der Waals surface area contributed by atoms with Crippen LogP contribution in [0.5, 0.6) is 0 Å². The molecule has 0 saturated heterocycles. The summed E-state index contributed by atoms with van der Waals surface area (Å²) in [4.78, 5) is 41.8. The third-order valence-electron chi connectivity index (χ3n) is 4.70. The van der Waals surface area contributed by atoms with Gasteiger partial charge in [0.1, 0.15) is 11.6 Å². The Hall–Kier alpha value is -3.74. The van der Waals surface area contributed by atoms with E-state index in [0.717, 1.165) is 10.9 Å². The number of pyridine rings is 1. The molecule has 2 aromatic carbocycles. The van der Waals surface area contributed by atoms with Crippen LogP contribution in [0.25, 0.3) is 10.9 Å². The van der Waals surface area contributed by atoms with Crippen LogP contribution < -0.4 is 5.32 Å². The van der Waals surface area contributed by atoms with Crippen molar-refractivity contribution < 1.29 is 23.9 Å². The van der Waals surface area contributed by atoms with Crippen LogP contribution in [0.4, 0.5) is 0 Å². The van der Waals surface area contributed by atoms with Crippen molar-refractivity contribution in [2.24, 2.45) is 0 Å². The number of para-hydroxylation sites is 1. The number of amides is 1. The third kappa shape index (κ3) is 5.69. The van der Waals surface area contributed by atoms with E-state index in [2.05, 4.69) is 10.3 Å². The zero-order valence-corrected chi connectivity index (χ0v) is 18.5. The second kappa shape index (κ2) is 9.60. The zero-order chi connectivity index (χ0) is 23.3. The number of carbonyl (C=O) groups excluding carboxylic acids is 3. The van der Waals surface area contributed by atoms with Gasteiger partial charge in [-0.15, -0.1) is 0 Å². The standard InChI is InChI=1S/C25H26N2O5/c1-25(2,3)32-23(29)18-12-10-16(11-13-18)15-20(24(30)31-4)27-22(28)19-9-5-7-17-8-6-14-26-21(17)19/h5-14,20H,15H2,1-4H3,(H,27,28)/t20-/m1/s1. The van der Waals surface area contributed by atoms with Crippen LogP contribution in [-0.2, 0) is 20.7 Å². The lowest BCUT2D eigenvalue weighted by molar-refractivity contribution is -0.142. The molecule has 3 aromatic rings. The molecule has 0 aliphatic rings. The van der Waals surface area contributed by atoms with E-state index in [1.165, 1.54) is 7.11 Å². The Morgan fingerprint density at radius 1 is 1.00 bits per heavy atom. The first-order valence-electron chi connectivity index (χ1n) is 10.2. The first kappa shape index (κ1) is 22.9. The number of nitrogens with one attached hydrogen (secondary N) is 1. The minimum Gasteiger partial charge on any atom is -0.467 e. The fourth-order valence-electron chi connectivity index (χ4n) is 3.21. The number of rotatable bonds is 6. The molecule has 1 heterocycles. The van der Waals surface area contributed by atoms with Crippen molar-refractivity contribution in [3.8, 4) is 0 Å². The van der Waals surface area contributed by atoms with Crippen molar-refractivity contribution in [2.75, 3.05) is 7.11 Å². The van der Waals surface area contributed by atoms with Gasteiger partial charge >= 0.3 is 11.9 Å². The Labute approximate surface area is 186 Å². The van der Waals surface area contributed by atoms with Crippen molar-refractivity contribution >= 4 is 28.7 Å². The number of ether oxygens (including phenoxy) is 2. The van der Waals surface area contributed by atoms with E-state index >= 15 is 0 Å². The molecule has 3 rings (SSSR count). The molecule has 7 heteroatoms. The molecule has 0 aliphatic heterocycles. The fourth-order valence-corrected chi connectivity index (χ4v) is 3.21. The summed E-state index contributed by atoms with van der Waals surface area (Å²) >= 11 is 0. The number of hydrogen-bond acceptors (Lipinski definition) is 6. The molecule has 0 aliphatic carbocycles. The van der Waals surface area contributed by atoms with Gasteiger partial charge in [0.25, 0.3) is 5.91 Å². The molecular formula is C25H26N2O5. The molecule has 0 saturated carbocycles. The molecule has 1 atom stereocenters.